The quantitative estimate of drug-likeness (QED) is 0.751. The molecule has 1 fully saturated rings. The molecule has 1 aromatic carbocycles. The first-order valence-electron chi connectivity index (χ1n) is 5.73. The summed E-state index contributed by atoms with van der Waals surface area (Å²) < 4.78 is 0. The zero-order chi connectivity index (χ0) is 10.3. The van der Waals surface area contributed by atoms with Crippen LogP contribution in [0.15, 0.2) is 24.3 Å². The van der Waals surface area contributed by atoms with Crippen LogP contribution in [0, 0.1) is 0 Å². The van der Waals surface area contributed by atoms with Crippen LogP contribution in [0.25, 0.3) is 10.9 Å². The molecule has 2 aromatic rings. The zero-order valence-electron chi connectivity index (χ0n) is 9.09. The lowest BCUT2D eigenvalue weighted by Crippen LogP contribution is -2.17. The van der Waals surface area contributed by atoms with Gasteiger partial charge in [0, 0.05) is 16.5 Å². The fourth-order valence-electron chi connectivity index (χ4n) is 2.82. The third kappa shape index (κ3) is 1.28. The largest absolute Gasteiger partial charge is 0.281 e. The number of para-hydroxylation sites is 1. The molecule has 1 heterocycles. The van der Waals surface area contributed by atoms with Gasteiger partial charge in [-0.05, 0) is 18.9 Å². The molecule has 0 atom stereocenters. The summed E-state index contributed by atoms with van der Waals surface area (Å²) >= 11 is 0. The van der Waals surface area contributed by atoms with E-state index in [1.54, 1.807) is 0 Å². The Bertz CT molecular complexity index is 478. The molecule has 0 unspecified atom stereocenters. The Balaban J connectivity index is 2.18. The van der Waals surface area contributed by atoms with Gasteiger partial charge in [-0.1, -0.05) is 38.0 Å². The van der Waals surface area contributed by atoms with Crippen LogP contribution in [-0.4, -0.2) is 10.2 Å². The van der Waals surface area contributed by atoms with Gasteiger partial charge in [0.1, 0.15) is 0 Å². The molecule has 1 N–H and O–H groups in total. The Kier molecular flexibility index (Phi) is 1.84. The van der Waals surface area contributed by atoms with Gasteiger partial charge in [-0.25, -0.2) is 0 Å². The number of rotatable bonds is 1. The SMILES string of the molecule is CC1(c2[nH]nc3ccccc23)CCCC1. The number of aromatic nitrogens is 2. The van der Waals surface area contributed by atoms with E-state index < -0.39 is 0 Å². The topological polar surface area (TPSA) is 28.7 Å². The lowest BCUT2D eigenvalue weighted by Gasteiger charge is -2.21. The van der Waals surface area contributed by atoms with E-state index in [0.29, 0.717) is 5.41 Å². The maximum absolute atomic E-state index is 4.38. The Morgan fingerprint density at radius 1 is 1.20 bits per heavy atom. The number of fused-ring (bicyclic) bond motifs is 1. The van der Waals surface area contributed by atoms with Gasteiger partial charge in [-0.3, -0.25) is 5.10 Å². The van der Waals surface area contributed by atoms with Crippen molar-refractivity contribution in [3.8, 4) is 0 Å². The maximum Gasteiger partial charge on any atom is 0.0923 e. The number of aromatic amines is 1. The molecule has 1 saturated carbocycles. The average Bonchev–Trinajstić information content (AvgIpc) is 2.84. The van der Waals surface area contributed by atoms with Crippen LogP contribution in [0.2, 0.25) is 0 Å². The van der Waals surface area contributed by atoms with Crippen molar-refractivity contribution in [3.05, 3.63) is 30.0 Å². The maximum atomic E-state index is 4.38. The highest BCUT2D eigenvalue weighted by molar-refractivity contribution is 5.82. The lowest BCUT2D eigenvalue weighted by atomic mass is 9.83. The molecule has 0 aliphatic heterocycles. The van der Waals surface area contributed by atoms with Crippen molar-refractivity contribution < 1.29 is 0 Å². The van der Waals surface area contributed by atoms with Crippen LogP contribution in [0.4, 0.5) is 0 Å². The van der Waals surface area contributed by atoms with Gasteiger partial charge >= 0.3 is 0 Å². The number of hydrogen-bond acceptors (Lipinski definition) is 1. The van der Waals surface area contributed by atoms with Crippen molar-refractivity contribution in [2.24, 2.45) is 0 Å². The molecule has 2 nitrogen and oxygen atoms in total. The van der Waals surface area contributed by atoms with Gasteiger partial charge in [0.2, 0.25) is 0 Å². The number of hydrogen-bond donors (Lipinski definition) is 1. The summed E-state index contributed by atoms with van der Waals surface area (Å²) in [5.74, 6) is 0. The average molecular weight is 200 g/mol. The zero-order valence-corrected chi connectivity index (χ0v) is 9.09. The number of nitrogens with one attached hydrogen (secondary N) is 1. The molecule has 0 spiro atoms. The molecular formula is C13H16N2. The van der Waals surface area contributed by atoms with Crippen molar-refractivity contribution >= 4 is 10.9 Å². The molecule has 78 valence electrons. The standard InChI is InChI=1S/C13H16N2/c1-13(8-4-5-9-13)12-10-6-2-3-7-11(10)14-15-12/h2-3,6-7H,4-5,8-9H2,1H3,(H,14,15). The first-order valence-corrected chi connectivity index (χ1v) is 5.73. The molecule has 3 rings (SSSR count). The highest BCUT2D eigenvalue weighted by atomic mass is 15.1. The predicted molar refractivity (Wildman–Crippen MR) is 61.9 cm³/mol. The van der Waals surface area contributed by atoms with E-state index in [2.05, 4.69) is 35.3 Å². The van der Waals surface area contributed by atoms with Crippen LogP contribution in [-0.2, 0) is 5.41 Å². The van der Waals surface area contributed by atoms with Crippen LogP contribution >= 0.6 is 0 Å². The van der Waals surface area contributed by atoms with E-state index in [0.717, 1.165) is 5.52 Å². The highest BCUT2D eigenvalue weighted by Crippen LogP contribution is 2.41. The second-order valence-electron chi connectivity index (χ2n) is 4.88. The van der Waals surface area contributed by atoms with Crippen LogP contribution < -0.4 is 0 Å². The number of nitrogens with zero attached hydrogens (tertiary/aromatic N) is 1. The summed E-state index contributed by atoms with van der Waals surface area (Å²) in [6.07, 6.45) is 5.28. The Morgan fingerprint density at radius 3 is 2.73 bits per heavy atom. The van der Waals surface area contributed by atoms with Crippen molar-refractivity contribution in [2.75, 3.05) is 0 Å². The van der Waals surface area contributed by atoms with Crippen LogP contribution in [0.3, 0.4) is 0 Å². The van der Waals surface area contributed by atoms with Crippen LogP contribution in [0.1, 0.15) is 38.3 Å². The fourth-order valence-corrected chi connectivity index (χ4v) is 2.82. The van der Waals surface area contributed by atoms with Gasteiger partial charge in [-0.15, -0.1) is 0 Å². The monoisotopic (exact) mass is 200 g/mol. The fraction of sp³-hybridized carbons (Fsp3) is 0.462. The van der Waals surface area contributed by atoms with Gasteiger partial charge in [0.05, 0.1) is 5.52 Å². The molecule has 1 aliphatic rings. The summed E-state index contributed by atoms with van der Waals surface area (Å²) in [6.45, 7) is 2.36. The first-order chi connectivity index (χ1) is 7.30. The predicted octanol–water partition coefficient (Wildman–Crippen LogP) is 3.39. The Labute approximate surface area is 89.7 Å². The Hall–Kier alpha value is -1.31. The van der Waals surface area contributed by atoms with Crippen LogP contribution in [0.5, 0.6) is 0 Å². The van der Waals surface area contributed by atoms with E-state index in [1.807, 2.05) is 6.07 Å². The molecule has 15 heavy (non-hydrogen) atoms. The molecule has 0 amide bonds. The smallest absolute Gasteiger partial charge is 0.0923 e. The molecular weight excluding hydrogens is 184 g/mol. The van der Waals surface area contributed by atoms with E-state index in [4.69, 9.17) is 0 Å². The first kappa shape index (κ1) is 8.96. The van der Waals surface area contributed by atoms with Gasteiger partial charge in [-0.2, -0.15) is 5.10 Å². The second kappa shape index (κ2) is 3.09. The lowest BCUT2D eigenvalue weighted by molar-refractivity contribution is 0.478. The van der Waals surface area contributed by atoms with E-state index in [9.17, 15) is 0 Å². The summed E-state index contributed by atoms with van der Waals surface area (Å²) in [5.41, 5.74) is 2.77. The molecule has 0 radical (unpaired) electrons. The van der Waals surface area contributed by atoms with E-state index >= 15 is 0 Å². The minimum Gasteiger partial charge on any atom is -0.281 e. The third-order valence-electron chi connectivity index (χ3n) is 3.77. The normalized spacial score (nSPS) is 19.8. The molecule has 0 bridgehead atoms. The van der Waals surface area contributed by atoms with Gasteiger partial charge in [0.25, 0.3) is 0 Å². The molecule has 0 saturated heterocycles. The molecule has 2 heteroatoms. The summed E-state index contributed by atoms with van der Waals surface area (Å²) in [6, 6.07) is 8.40. The van der Waals surface area contributed by atoms with Crippen molar-refractivity contribution in [3.63, 3.8) is 0 Å². The molecule has 1 aliphatic carbocycles. The van der Waals surface area contributed by atoms with Crippen molar-refractivity contribution in [1.29, 1.82) is 0 Å². The van der Waals surface area contributed by atoms with Gasteiger partial charge < -0.3 is 0 Å². The number of benzene rings is 1. The summed E-state index contributed by atoms with van der Waals surface area (Å²) in [5, 5.41) is 8.94. The Morgan fingerprint density at radius 2 is 1.93 bits per heavy atom. The van der Waals surface area contributed by atoms with Gasteiger partial charge in [0.15, 0.2) is 0 Å². The van der Waals surface area contributed by atoms with E-state index in [1.165, 1.54) is 36.8 Å². The summed E-state index contributed by atoms with van der Waals surface area (Å²) in [4.78, 5) is 0. The third-order valence-corrected chi connectivity index (χ3v) is 3.77. The minimum atomic E-state index is 0.329. The van der Waals surface area contributed by atoms with Crippen molar-refractivity contribution in [2.45, 2.75) is 38.0 Å². The molecule has 1 aromatic heterocycles. The minimum absolute atomic E-state index is 0.329. The second-order valence-corrected chi connectivity index (χ2v) is 4.88. The summed E-state index contributed by atoms with van der Waals surface area (Å²) in [7, 11) is 0. The van der Waals surface area contributed by atoms with Crippen molar-refractivity contribution in [1.82, 2.24) is 10.2 Å². The van der Waals surface area contributed by atoms with E-state index in [-0.39, 0.29) is 0 Å². The highest BCUT2D eigenvalue weighted by Gasteiger charge is 2.33. The number of H-pyrrole nitrogens is 1.